The molecule has 1 aromatic rings. The van der Waals surface area contributed by atoms with E-state index < -0.39 is 6.09 Å². The Kier molecular flexibility index (Phi) is 4.69. The van der Waals surface area contributed by atoms with Crippen LogP contribution >= 0.6 is 0 Å². The van der Waals surface area contributed by atoms with Gasteiger partial charge in [0.2, 0.25) is 0 Å². The molecule has 4 heteroatoms. The topological polar surface area (TPSA) is 50.7 Å². The van der Waals surface area contributed by atoms with Crippen LogP contribution in [0.1, 0.15) is 31.9 Å². The summed E-state index contributed by atoms with van der Waals surface area (Å²) in [5, 5.41) is 6.33. The van der Waals surface area contributed by atoms with E-state index in [2.05, 4.69) is 10.5 Å². The number of oxime groups is 1. The molecule has 0 radical (unpaired) electrons. The summed E-state index contributed by atoms with van der Waals surface area (Å²) in [5.41, 5.74) is 3.60. The van der Waals surface area contributed by atoms with Gasteiger partial charge in [0.1, 0.15) is 0 Å². The molecule has 0 aliphatic rings. The predicted molar refractivity (Wildman–Crippen MR) is 69.4 cm³/mol. The van der Waals surface area contributed by atoms with E-state index in [9.17, 15) is 4.79 Å². The fourth-order valence-electron chi connectivity index (χ4n) is 1.46. The fourth-order valence-corrected chi connectivity index (χ4v) is 1.46. The van der Waals surface area contributed by atoms with Crippen LogP contribution in [0.25, 0.3) is 0 Å². The van der Waals surface area contributed by atoms with Gasteiger partial charge in [-0.25, -0.2) is 4.79 Å². The number of nitrogens with zero attached hydrogens (tertiary/aromatic N) is 1. The van der Waals surface area contributed by atoms with Gasteiger partial charge in [-0.3, -0.25) is 10.2 Å². The van der Waals surface area contributed by atoms with Crippen molar-refractivity contribution in [3.63, 3.8) is 0 Å². The minimum absolute atomic E-state index is 0.560. The largest absolute Gasteiger partial charge is 0.437 e. The quantitative estimate of drug-likeness (QED) is 0.494. The number of aryl methyl sites for hydroxylation is 2. The van der Waals surface area contributed by atoms with Crippen molar-refractivity contribution < 1.29 is 9.63 Å². The Morgan fingerprint density at radius 1 is 1.41 bits per heavy atom. The van der Waals surface area contributed by atoms with Crippen LogP contribution in [0.15, 0.2) is 23.4 Å². The van der Waals surface area contributed by atoms with Crippen molar-refractivity contribution in [2.45, 2.75) is 34.1 Å². The van der Waals surface area contributed by atoms with Gasteiger partial charge in [-0.2, -0.15) is 0 Å². The van der Waals surface area contributed by atoms with E-state index in [0.29, 0.717) is 5.71 Å². The van der Waals surface area contributed by atoms with Gasteiger partial charge in [-0.05, 0) is 38.3 Å². The summed E-state index contributed by atoms with van der Waals surface area (Å²) in [4.78, 5) is 16.2. The molecule has 0 aliphatic carbocycles. The first-order valence-electron chi connectivity index (χ1n) is 5.62. The summed E-state index contributed by atoms with van der Waals surface area (Å²) in [6.45, 7) is 7.51. The molecular weight excluding hydrogens is 216 g/mol. The normalized spacial score (nSPS) is 9.65. The Bertz CT molecular complexity index is 435. The molecule has 0 bridgehead atoms. The second kappa shape index (κ2) is 6.03. The summed E-state index contributed by atoms with van der Waals surface area (Å²) in [6, 6.07) is 5.90. The van der Waals surface area contributed by atoms with Gasteiger partial charge in [0, 0.05) is 0 Å². The lowest BCUT2D eigenvalue weighted by molar-refractivity contribution is 0.166. The zero-order valence-corrected chi connectivity index (χ0v) is 10.7. The van der Waals surface area contributed by atoms with Crippen molar-refractivity contribution in [1.29, 1.82) is 0 Å². The van der Waals surface area contributed by atoms with Crippen LogP contribution in [-0.4, -0.2) is 11.8 Å². The molecule has 0 spiro atoms. The highest BCUT2D eigenvalue weighted by atomic mass is 16.7. The number of hydrogen-bond acceptors (Lipinski definition) is 3. The molecule has 4 nitrogen and oxygen atoms in total. The van der Waals surface area contributed by atoms with Crippen LogP contribution in [0.4, 0.5) is 10.5 Å². The third-order valence-corrected chi connectivity index (χ3v) is 2.28. The summed E-state index contributed by atoms with van der Waals surface area (Å²) in [5.74, 6) is 0. The monoisotopic (exact) mass is 234 g/mol. The maximum Gasteiger partial charge on any atom is 0.437 e. The number of para-hydroxylation sites is 1. The zero-order chi connectivity index (χ0) is 12.8. The van der Waals surface area contributed by atoms with Crippen LogP contribution in [0.3, 0.4) is 0 Å². The molecule has 0 saturated heterocycles. The van der Waals surface area contributed by atoms with Crippen LogP contribution < -0.4 is 5.32 Å². The van der Waals surface area contributed by atoms with Crippen molar-refractivity contribution in [3.8, 4) is 0 Å². The molecular formula is C13H18N2O2. The maximum absolute atomic E-state index is 11.5. The van der Waals surface area contributed by atoms with Crippen molar-refractivity contribution in [1.82, 2.24) is 0 Å². The van der Waals surface area contributed by atoms with Crippen LogP contribution in [0.5, 0.6) is 0 Å². The van der Waals surface area contributed by atoms with E-state index in [-0.39, 0.29) is 0 Å². The molecule has 0 unspecified atom stereocenters. The number of amides is 1. The van der Waals surface area contributed by atoms with Crippen LogP contribution in [0.2, 0.25) is 0 Å². The molecule has 1 rings (SSSR count). The third-order valence-electron chi connectivity index (χ3n) is 2.28. The highest BCUT2D eigenvalue weighted by Crippen LogP contribution is 2.21. The number of hydrogen-bond donors (Lipinski definition) is 1. The number of carbonyl (C=O) groups is 1. The number of carbonyl (C=O) groups excluding carboxylic acids is 1. The van der Waals surface area contributed by atoms with Gasteiger partial charge in [-0.1, -0.05) is 30.3 Å². The van der Waals surface area contributed by atoms with Gasteiger partial charge in [0.05, 0.1) is 11.4 Å². The SMILES string of the molecule is CCc1cccc(C)c1NC(=O)ON=C(C)C. The average molecular weight is 234 g/mol. The van der Waals surface area contributed by atoms with E-state index in [1.54, 1.807) is 13.8 Å². The molecule has 1 N–H and O–H groups in total. The first-order valence-corrected chi connectivity index (χ1v) is 5.62. The van der Waals surface area contributed by atoms with Crippen molar-refractivity contribution in [2.24, 2.45) is 5.16 Å². The minimum Gasteiger partial charge on any atom is -0.298 e. The average Bonchev–Trinajstić information content (AvgIpc) is 2.29. The highest BCUT2D eigenvalue weighted by Gasteiger charge is 2.09. The Hall–Kier alpha value is -1.84. The Labute approximate surface area is 102 Å². The first kappa shape index (κ1) is 13.2. The molecule has 0 fully saturated rings. The molecule has 0 atom stereocenters. The first-order chi connectivity index (χ1) is 8.04. The van der Waals surface area contributed by atoms with E-state index >= 15 is 0 Å². The maximum atomic E-state index is 11.5. The minimum atomic E-state index is -0.560. The fraction of sp³-hybridized carbons (Fsp3) is 0.385. The molecule has 0 saturated carbocycles. The Morgan fingerprint density at radius 2 is 2.12 bits per heavy atom. The molecule has 0 aromatic heterocycles. The molecule has 0 heterocycles. The lowest BCUT2D eigenvalue weighted by atomic mass is 10.1. The zero-order valence-electron chi connectivity index (χ0n) is 10.7. The summed E-state index contributed by atoms with van der Waals surface area (Å²) in [7, 11) is 0. The standard InChI is InChI=1S/C13H18N2O2/c1-5-11-8-6-7-10(4)12(11)14-13(16)17-15-9(2)3/h6-8H,5H2,1-4H3,(H,14,16). The van der Waals surface area contributed by atoms with E-state index in [1.807, 2.05) is 32.0 Å². The highest BCUT2D eigenvalue weighted by molar-refractivity contribution is 5.87. The van der Waals surface area contributed by atoms with E-state index in [1.165, 1.54) is 0 Å². The van der Waals surface area contributed by atoms with Crippen LogP contribution in [0, 0.1) is 6.92 Å². The Morgan fingerprint density at radius 3 is 2.71 bits per heavy atom. The summed E-state index contributed by atoms with van der Waals surface area (Å²) in [6.07, 6.45) is 0.295. The number of rotatable bonds is 3. The Balaban J connectivity index is 2.81. The van der Waals surface area contributed by atoms with Gasteiger partial charge in [-0.15, -0.1) is 0 Å². The lowest BCUT2D eigenvalue weighted by Gasteiger charge is -2.11. The molecule has 1 aromatic carbocycles. The summed E-state index contributed by atoms with van der Waals surface area (Å²) < 4.78 is 0. The predicted octanol–water partition coefficient (Wildman–Crippen LogP) is 3.50. The van der Waals surface area contributed by atoms with E-state index in [0.717, 1.165) is 23.2 Å². The number of benzene rings is 1. The smallest absolute Gasteiger partial charge is 0.298 e. The third kappa shape index (κ3) is 3.90. The summed E-state index contributed by atoms with van der Waals surface area (Å²) >= 11 is 0. The second-order valence-electron chi connectivity index (χ2n) is 4.00. The van der Waals surface area contributed by atoms with E-state index in [4.69, 9.17) is 4.84 Å². The van der Waals surface area contributed by atoms with Crippen molar-refractivity contribution in [2.75, 3.05) is 5.32 Å². The van der Waals surface area contributed by atoms with Crippen molar-refractivity contribution in [3.05, 3.63) is 29.3 Å². The lowest BCUT2D eigenvalue weighted by Crippen LogP contribution is -2.13. The van der Waals surface area contributed by atoms with Gasteiger partial charge >= 0.3 is 6.09 Å². The van der Waals surface area contributed by atoms with Crippen molar-refractivity contribution >= 4 is 17.5 Å². The van der Waals surface area contributed by atoms with Gasteiger partial charge in [0.25, 0.3) is 0 Å². The number of anilines is 1. The number of nitrogens with one attached hydrogen (secondary N) is 1. The van der Waals surface area contributed by atoms with Gasteiger partial charge < -0.3 is 0 Å². The van der Waals surface area contributed by atoms with Gasteiger partial charge in [0.15, 0.2) is 0 Å². The molecule has 1 amide bonds. The molecule has 92 valence electrons. The molecule has 17 heavy (non-hydrogen) atoms. The van der Waals surface area contributed by atoms with Crippen LogP contribution in [-0.2, 0) is 11.3 Å². The second-order valence-corrected chi connectivity index (χ2v) is 4.00. The molecule has 0 aliphatic heterocycles.